The second-order valence-corrected chi connectivity index (χ2v) is 6.34. The zero-order chi connectivity index (χ0) is 18.5. The minimum Gasteiger partial charge on any atom is -0.493 e. The molecule has 138 valence electrons. The summed E-state index contributed by atoms with van der Waals surface area (Å²) in [7, 11) is 3.19. The van der Waals surface area contributed by atoms with Gasteiger partial charge < -0.3 is 20.1 Å². The summed E-state index contributed by atoms with van der Waals surface area (Å²) in [6, 6.07) is 12.1. The lowest BCUT2D eigenvalue weighted by molar-refractivity contribution is 0.240. The number of ether oxygens (including phenoxy) is 2. The Morgan fingerprint density at radius 2 is 1.96 bits per heavy atom. The molecule has 0 aromatic heterocycles. The monoisotopic (exact) mass is 358 g/mol. The highest BCUT2D eigenvalue weighted by atomic mass is 19.1. The molecule has 1 fully saturated rings. The van der Waals surface area contributed by atoms with E-state index in [4.69, 9.17) is 9.47 Å². The van der Waals surface area contributed by atoms with Crippen LogP contribution in [-0.2, 0) is 6.42 Å². The fraction of sp³-hybridized carbons (Fsp3) is 0.350. The molecule has 0 bridgehead atoms. The maximum absolute atomic E-state index is 13.3. The quantitative estimate of drug-likeness (QED) is 0.799. The Bertz CT molecular complexity index is 781. The summed E-state index contributed by atoms with van der Waals surface area (Å²) in [5.74, 6) is 1.30. The van der Waals surface area contributed by atoms with Crippen molar-refractivity contribution in [2.24, 2.45) is 0 Å². The van der Waals surface area contributed by atoms with E-state index in [2.05, 4.69) is 10.6 Å². The number of halogens is 1. The third kappa shape index (κ3) is 4.45. The first-order valence-electron chi connectivity index (χ1n) is 8.61. The SMILES string of the molecule is COc1ccc(CCNC(=O)NC2CC2c2cccc(F)c2)cc1OC. The van der Waals surface area contributed by atoms with Gasteiger partial charge in [0.2, 0.25) is 0 Å². The zero-order valence-electron chi connectivity index (χ0n) is 14.9. The van der Waals surface area contributed by atoms with Crippen molar-refractivity contribution in [3.05, 3.63) is 59.4 Å². The van der Waals surface area contributed by atoms with Crippen molar-refractivity contribution in [2.45, 2.75) is 24.8 Å². The summed E-state index contributed by atoms with van der Waals surface area (Å²) in [4.78, 5) is 12.0. The molecular formula is C20H23FN2O3. The van der Waals surface area contributed by atoms with Gasteiger partial charge >= 0.3 is 6.03 Å². The van der Waals surface area contributed by atoms with Crippen molar-refractivity contribution >= 4 is 6.03 Å². The predicted octanol–water partition coefficient (Wildman–Crippen LogP) is 3.24. The Labute approximate surface area is 152 Å². The Balaban J connectivity index is 1.43. The minimum absolute atomic E-state index is 0.0675. The zero-order valence-corrected chi connectivity index (χ0v) is 14.9. The van der Waals surface area contributed by atoms with Crippen LogP contribution < -0.4 is 20.1 Å². The Morgan fingerprint density at radius 3 is 2.69 bits per heavy atom. The van der Waals surface area contributed by atoms with E-state index < -0.39 is 0 Å². The van der Waals surface area contributed by atoms with Crippen LogP contribution in [0.4, 0.5) is 9.18 Å². The third-order valence-electron chi connectivity index (χ3n) is 4.53. The number of carbonyl (C=O) groups is 1. The first-order chi connectivity index (χ1) is 12.6. The van der Waals surface area contributed by atoms with Crippen LogP contribution in [0.15, 0.2) is 42.5 Å². The highest BCUT2D eigenvalue weighted by Gasteiger charge is 2.39. The van der Waals surface area contributed by atoms with E-state index in [1.807, 2.05) is 24.3 Å². The van der Waals surface area contributed by atoms with E-state index in [0.29, 0.717) is 24.5 Å². The van der Waals surface area contributed by atoms with E-state index >= 15 is 0 Å². The average Bonchev–Trinajstić information content (AvgIpc) is 3.40. The number of nitrogens with one attached hydrogen (secondary N) is 2. The summed E-state index contributed by atoms with van der Waals surface area (Å²) in [5, 5.41) is 5.79. The third-order valence-corrected chi connectivity index (χ3v) is 4.53. The van der Waals surface area contributed by atoms with Crippen LogP contribution in [0.3, 0.4) is 0 Å². The van der Waals surface area contributed by atoms with Gasteiger partial charge in [-0.2, -0.15) is 0 Å². The van der Waals surface area contributed by atoms with Gasteiger partial charge in [0, 0.05) is 18.5 Å². The van der Waals surface area contributed by atoms with Crippen molar-refractivity contribution in [3.63, 3.8) is 0 Å². The maximum Gasteiger partial charge on any atom is 0.315 e. The van der Waals surface area contributed by atoms with Crippen molar-refractivity contribution < 1.29 is 18.7 Å². The van der Waals surface area contributed by atoms with Crippen LogP contribution in [-0.4, -0.2) is 32.8 Å². The lowest BCUT2D eigenvalue weighted by Gasteiger charge is -2.10. The van der Waals surface area contributed by atoms with Gasteiger partial charge in [-0.3, -0.25) is 0 Å². The smallest absolute Gasteiger partial charge is 0.315 e. The van der Waals surface area contributed by atoms with E-state index in [-0.39, 0.29) is 23.8 Å². The van der Waals surface area contributed by atoms with Gasteiger partial charge in [0.05, 0.1) is 14.2 Å². The fourth-order valence-corrected chi connectivity index (χ4v) is 3.04. The van der Waals surface area contributed by atoms with Crippen molar-refractivity contribution in [2.75, 3.05) is 20.8 Å². The Kier molecular flexibility index (Phi) is 5.61. The molecule has 2 aromatic rings. The molecule has 0 aliphatic heterocycles. The van der Waals surface area contributed by atoms with Crippen molar-refractivity contribution in [3.8, 4) is 11.5 Å². The second kappa shape index (κ2) is 8.08. The average molecular weight is 358 g/mol. The maximum atomic E-state index is 13.3. The summed E-state index contributed by atoms with van der Waals surface area (Å²) < 4.78 is 23.7. The molecule has 0 heterocycles. The van der Waals surface area contributed by atoms with Gasteiger partial charge in [0.15, 0.2) is 11.5 Å². The van der Waals surface area contributed by atoms with Gasteiger partial charge in [-0.25, -0.2) is 9.18 Å². The first-order valence-corrected chi connectivity index (χ1v) is 8.61. The number of carbonyl (C=O) groups excluding carboxylic acids is 1. The summed E-state index contributed by atoms with van der Waals surface area (Å²) in [5.41, 5.74) is 1.98. The number of hydrogen-bond donors (Lipinski definition) is 2. The molecular weight excluding hydrogens is 335 g/mol. The van der Waals surface area contributed by atoms with Gasteiger partial charge in [-0.15, -0.1) is 0 Å². The topological polar surface area (TPSA) is 59.6 Å². The predicted molar refractivity (Wildman–Crippen MR) is 97.3 cm³/mol. The molecule has 2 unspecified atom stereocenters. The van der Waals surface area contributed by atoms with Gasteiger partial charge in [0.1, 0.15) is 5.82 Å². The van der Waals surface area contributed by atoms with Crippen molar-refractivity contribution in [1.29, 1.82) is 0 Å². The molecule has 5 nitrogen and oxygen atoms in total. The van der Waals surface area contributed by atoms with Gasteiger partial charge in [0.25, 0.3) is 0 Å². The summed E-state index contributed by atoms with van der Waals surface area (Å²) >= 11 is 0. The fourth-order valence-electron chi connectivity index (χ4n) is 3.04. The number of urea groups is 1. The van der Waals surface area contributed by atoms with Gasteiger partial charge in [-0.05, 0) is 48.2 Å². The molecule has 2 aromatic carbocycles. The molecule has 0 radical (unpaired) electrons. The van der Waals surface area contributed by atoms with Crippen LogP contribution >= 0.6 is 0 Å². The lowest BCUT2D eigenvalue weighted by Crippen LogP contribution is -2.38. The molecule has 1 aliphatic carbocycles. The molecule has 1 saturated carbocycles. The van der Waals surface area contributed by atoms with E-state index in [0.717, 1.165) is 17.5 Å². The lowest BCUT2D eigenvalue weighted by atomic mass is 10.1. The molecule has 2 N–H and O–H groups in total. The minimum atomic E-state index is -0.243. The van der Waals surface area contributed by atoms with E-state index in [1.54, 1.807) is 20.3 Å². The number of hydrogen-bond acceptors (Lipinski definition) is 3. The van der Waals surface area contributed by atoms with Crippen LogP contribution in [0.25, 0.3) is 0 Å². The van der Waals surface area contributed by atoms with Crippen LogP contribution in [0.1, 0.15) is 23.5 Å². The molecule has 3 rings (SSSR count). The number of rotatable bonds is 7. The molecule has 2 atom stereocenters. The molecule has 0 spiro atoms. The number of benzene rings is 2. The summed E-state index contributed by atoms with van der Waals surface area (Å²) in [6.07, 6.45) is 1.53. The molecule has 26 heavy (non-hydrogen) atoms. The van der Waals surface area contributed by atoms with Crippen LogP contribution in [0, 0.1) is 5.82 Å². The number of amides is 2. The molecule has 6 heteroatoms. The van der Waals surface area contributed by atoms with Gasteiger partial charge in [-0.1, -0.05) is 18.2 Å². The Hall–Kier alpha value is -2.76. The normalized spacial score (nSPS) is 18.1. The second-order valence-electron chi connectivity index (χ2n) is 6.34. The molecule has 0 saturated heterocycles. The van der Waals surface area contributed by atoms with E-state index in [1.165, 1.54) is 12.1 Å². The molecule has 1 aliphatic rings. The standard InChI is InChI=1S/C20H23FN2O3/c1-25-18-7-6-13(10-19(18)26-2)8-9-22-20(24)23-17-12-16(17)14-4-3-5-15(21)11-14/h3-7,10-11,16-17H,8-9,12H2,1-2H3,(H2,22,23,24). The van der Waals surface area contributed by atoms with Crippen LogP contribution in [0.2, 0.25) is 0 Å². The summed E-state index contributed by atoms with van der Waals surface area (Å²) in [6.45, 7) is 0.513. The first kappa shape index (κ1) is 18.0. The largest absolute Gasteiger partial charge is 0.493 e. The Morgan fingerprint density at radius 1 is 1.15 bits per heavy atom. The molecule has 2 amide bonds. The highest BCUT2D eigenvalue weighted by molar-refractivity contribution is 5.74. The van der Waals surface area contributed by atoms with Crippen LogP contribution in [0.5, 0.6) is 11.5 Å². The van der Waals surface area contributed by atoms with E-state index in [9.17, 15) is 9.18 Å². The van der Waals surface area contributed by atoms with Crippen molar-refractivity contribution in [1.82, 2.24) is 10.6 Å². The highest BCUT2D eigenvalue weighted by Crippen LogP contribution is 2.40. The number of methoxy groups -OCH3 is 2.